The molecule has 1 heterocycles. The third kappa shape index (κ3) is 3.41. The van der Waals surface area contributed by atoms with Crippen LogP contribution in [0.15, 0.2) is 12.4 Å². The van der Waals surface area contributed by atoms with Gasteiger partial charge in [0.15, 0.2) is 0 Å². The lowest BCUT2D eigenvalue weighted by Crippen LogP contribution is -2.35. The molecule has 92 valence electrons. The number of nitrogens with one attached hydrogen (secondary N) is 1. The minimum absolute atomic E-state index is 0.180. The molecule has 0 fully saturated rings. The molecule has 1 atom stereocenters. The number of hydrogen-bond donors (Lipinski definition) is 1. The number of aromatic nitrogens is 2. The van der Waals surface area contributed by atoms with E-state index >= 15 is 0 Å². The molecule has 1 aromatic rings. The van der Waals surface area contributed by atoms with E-state index in [2.05, 4.69) is 42.6 Å². The summed E-state index contributed by atoms with van der Waals surface area (Å²) in [6.45, 7) is 9.70. The second-order valence-electron chi connectivity index (χ2n) is 5.08. The highest BCUT2D eigenvalue weighted by molar-refractivity contribution is 6.17. The van der Waals surface area contributed by atoms with Crippen molar-refractivity contribution in [3.63, 3.8) is 0 Å². The first-order valence-electron chi connectivity index (χ1n) is 5.82. The second kappa shape index (κ2) is 5.58. The Morgan fingerprint density at radius 2 is 2.19 bits per heavy atom. The Hall–Kier alpha value is -0.700. The molecule has 1 unspecified atom stereocenters. The van der Waals surface area contributed by atoms with E-state index in [4.69, 9.17) is 11.6 Å². The van der Waals surface area contributed by atoms with Crippen molar-refractivity contribution in [1.82, 2.24) is 9.55 Å². The van der Waals surface area contributed by atoms with Gasteiger partial charge in [0.1, 0.15) is 0 Å². The van der Waals surface area contributed by atoms with Gasteiger partial charge in [-0.1, -0.05) is 20.8 Å². The minimum atomic E-state index is 0.180. The topological polar surface area (TPSA) is 29.9 Å². The number of anilines is 1. The number of halogens is 1. The quantitative estimate of drug-likeness (QED) is 0.804. The molecule has 0 spiro atoms. The van der Waals surface area contributed by atoms with Gasteiger partial charge in [0, 0.05) is 30.9 Å². The van der Waals surface area contributed by atoms with E-state index < -0.39 is 0 Å². The van der Waals surface area contributed by atoms with Crippen molar-refractivity contribution in [2.75, 3.05) is 11.2 Å². The molecule has 0 bridgehead atoms. The zero-order valence-corrected chi connectivity index (χ0v) is 11.4. The van der Waals surface area contributed by atoms with Crippen molar-refractivity contribution in [2.24, 2.45) is 5.41 Å². The molecule has 3 nitrogen and oxygen atoms in total. The normalized spacial score (nSPS) is 13.8. The van der Waals surface area contributed by atoms with Crippen molar-refractivity contribution >= 4 is 17.5 Å². The van der Waals surface area contributed by atoms with E-state index in [1.165, 1.54) is 0 Å². The van der Waals surface area contributed by atoms with Gasteiger partial charge in [-0.05, 0) is 18.8 Å². The molecule has 0 radical (unpaired) electrons. The van der Waals surface area contributed by atoms with Crippen LogP contribution in [0.2, 0.25) is 0 Å². The molecular formula is C12H22ClN3. The van der Waals surface area contributed by atoms with Crippen molar-refractivity contribution < 1.29 is 0 Å². The summed E-state index contributed by atoms with van der Waals surface area (Å²) in [5, 5.41) is 3.49. The predicted molar refractivity (Wildman–Crippen MR) is 70.1 cm³/mol. The third-order valence-electron chi connectivity index (χ3n) is 2.80. The summed E-state index contributed by atoms with van der Waals surface area (Å²) in [7, 11) is 0. The van der Waals surface area contributed by atoms with Gasteiger partial charge < -0.3 is 9.88 Å². The molecule has 16 heavy (non-hydrogen) atoms. The van der Waals surface area contributed by atoms with Gasteiger partial charge in [0.2, 0.25) is 5.95 Å². The van der Waals surface area contributed by atoms with Gasteiger partial charge in [0.25, 0.3) is 0 Å². The predicted octanol–water partition coefficient (Wildman–Crippen LogP) is 3.36. The number of rotatable bonds is 5. The van der Waals surface area contributed by atoms with Crippen LogP contribution in [-0.4, -0.2) is 21.5 Å². The number of nitrogens with zero attached hydrogens (tertiary/aromatic N) is 2. The van der Waals surface area contributed by atoms with Crippen LogP contribution in [0, 0.1) is 5.41 Å². The van der Waals surface area contributed by atoms with E-state index in [1.807, 2.05) is 12.4 Å². The Labute approximate surface area is 103 Å². The molecule has 0 aliphatic rings. The van der Waals surface area contributed by atoms with Crippen molar-refractivity contribution in [2.45, 2.75) is 46.7 Å². The van der Waals surface area contributed by atoms with E-state index in [1.54, 1.807) is 0 Å². The van der Waals surface area contributed by atoms with Crippen LogP contribution < -0.4 is 5.32 Å². The first kappa shape index (κ1) is 13.4. The Kier molecular flexibility index (Phi) is 4.66. The maximum Gasteiger partial charge on any atom is 0.202 e. The average molecular weight is 244 g/mol. The Balaban J connectivity index is 2.75. The van der Waals surface area contributed by atoms with Gasteiger partial charge in [-0.2, -0.15) is 0 Å². The summed E-state index contributed by atoms with van der Waals surface area (Å²) in [4.78, 5) is 4.33. The number of aryl methyl sites for hydroxylation is 1. The molecule has 0 aliphatic heterocycles. The van der Waals surface area contributed by atoms with Crippen LogP contribution >= 0.6 is 11.6 Å². The van der Waals surface area contributed by atoms with Crippen LogP contribution in [0.3, 0.4) is 0 Å². The highest BCUT2D eigenvalue weighted by atomic mass is 35.5. The summed E-state index contributed by atoms with van der Waals surface area (Å²) >= 11 is 5.85. The van der Waals surface area contributed by atoms with Crippen molar-refractivity contribution in [3.8, 4) is 0 Å². The lowest BCUT2D eigenvalue weighted by atomic mass is 9.85. The van der Waals surface area contributed by atoms with E-state index in [-0.39, 0.29) is 5.41 Å². The van der Waals surface area contributed by atoms with Crippen LogP contribution in [0.25, 0.3) is 0 Å². The fourth-order valence-electron chi connectivity index (χ4n) is 1.69. The molecule has 1 rings (SSSR count). The maximum absolute atomic E-state index is 5.85. The largest absolute Gasteiger partial charge is 0.352 e. The highest BCUT2D eigenvalue weighted by Crippen LogP contribution is 2.25. The zero-order chi connectivity index (χ0) is 12.2. The van der Waals surface area contributed by atoms with E-state index in [9.17, 15) is 0 Å². The van der Waals surface area contributed by atoms with Gasteiger partial charge in [-0.3, -0.25) is 0 Å². The van der Waals surface area contributed by atoms with E-state index in [0.29, 0.717) is 11.9 Å². The van der Waals surface area contributed by atoms with Crippen LogP contribution in [0.5, 0.6) is 0 Å². The summed E-state index contributed by atoms with van der Waals surface area (Å²) in [5.74, 6) is 1.61. The second-order valence-corrected chi connectivity index (χ2v) is 5.46. The molecule has 0 saturated heterocycles. The molecule has 0 amide bonds. The van der Waals surface area contributed by atoms with Gasteiger partial charge in [0.05, 0.1) is 0 Å². The monoisotopic (exact) mass is 243 g/mol. The summed E-state index contributed by atoms with van der Waals surface area (Å²) in [6.07, 6.45) is 4.76. The molecular weight excluding hydrogens is 222 g/mol. The Morgan fingerprint density at radius 3 is 2.69 bits per heavy atom. The van der Waals surface area contributed by atoms with Gasteiger partial charge >= 0.3 is 0 Å². The lowest BCUT2D eigenvalue weighted by molar-refractivity contribution is 0.332. The number of alkyl halides is 1. The van der Waals surface area contributed by atoms with Crippen LogP contribution in [0.1, 0.15) is 34.1 Å². The molecule has 0 saturated carbocycles. The standard InChI is InChI=1S/C12H22ClN3/c1-5-16-9-8-14-11(16)15-10(6-7-13)12(2,3)4/h8-10H,5-7H2,1-4H3,(H,14,15). The third-order valence-corrected chi connectivity index (χ3v) is 3.02. The molecule has 1 aromatic heterocycles. The fourth-order valence-corrected chi connectivity index (χ4v) is 1.91. The smallest absolute Gasteiger partial charge is 0.202 e. The fraction of sp³-hybridized carbons (Fsp3) is 0.750. The lowest BCUT2D eigenvalue weighted by Gasteiger charge is -2.31. The molecule has 0 aromatic carbocycles. The van der Waals surface area contributed by atoms with E-state index in [0.717, 1.165) is 18.9 Å². The van der Waals surface area contributed by atoms with Crippen LogP contribution in [0.4, 0.5) is 5.95 Å². The summed E-state index contributed by atoms with van der Waals surface area (Å²) < 4.78 is 2.10. The Bertz CT molecular complexity index is 314. The first-order valence-corrected chi connectivity index (χ1v) is 6.36. The van der Waals surface area contributed by atoms with Crippen molar-refractivity contribution in [3.05, 3.63) is 12.4 Å². The van der Waals surface area contributed by atoms with Gasteiger partial charge in [-0.25, -0.2) is 4.98 Å². The highest BCUT2D eigenvalue weighted by Gasteiger charge is 2.24. The maximum atomic E-state index is 5.85. The van der Waals surface area contributed by atoms with Crippen molar-refractivity contribution in [1.29, 1.82) is 0 Å². The zero-order valence-electron chi connectivity index (χ0n) is 10.6. The number of imidazole rings is 1. The van der Waals surface area contributed by atoms with Crippen LogP contribution in [-0.2, 0) is 6.54 Å². The minimum Gasteiger partial charge on any atom is -0.352 e. The van der Waals surface area contributed by atoms with Gasteiger partial charge in [-0.15, -0.1) is 11.6 Å². The molecule has 0 aliphatic carbocycles. The first-order chi connectivity index (χ1) is 7.49. The summed E-state index contributed by atoms with van der Waals surface area (Å²) in [5.41, 5.74) is 0.180. The average Bonchev–Trinajstić information content (AvgIpc) is 2.63. The molecule has 1 N–H and O–H groups in total. The SMILES string of the molecule is CCn1ccnc1NC(CCCl)C(C)(C)C. The Morgan fingerprint density at radius 1 is 1.50 bits per heavy atom. The number of hydrogen-bond acceptors (Lipinski definition) is 2. The summed E-state index contributed by atoms with van der Waals surface area (Å²) in [6, 6.07) is 0.345. The molecule has 4 heteroatoms.